The normalized spacial score (nSPS) is 19.6. The number of sulfonamides is 1. The topological polar surface area (TPSA) is 70.2 Å². The summed E-state index contributed by atoms with van der Waals surface area (Å²) in [5.41, 5.74) is 1.68. The van der Waals surface area contributed by atoms with Gasteiger partial charge in [0.2, 0.25) is 15.6 Å². The van der Waals surface area contributed by atoms with Gasteiger partial charge in [-0.25, -0.2) is 8.42 Å². The molecule has 1 aliphatic heterocycles. The average molecular weight is 332 g/mol. The molecule has 122 valence electrons. The Morgan fingerprint density at radius 1 is 1.09 bits per heavy atom. The van der Waals surface area contributed by atoms with E-state index in [1.54, 1.807) is 28.7 Å². The second-order valence-electron chi connectivity index (χ2n) is 5.93. The van der Waals surface area contributed by atoms with Crippen molar-refractivity contribution in [3.63, 3.8) is 0 Å². The zero-order valence-electron chi connectivity index (χ0n) is 13.0. The van der Waals surface area contributed by atoms with Gasteiger partial charge in [0, 0.05) is 18.8 Å². The highest BCUT2D eigenvalue weighted by molar-refractivity contribution is 7.89. The Hall–Kier alpha value is -1.92. The molecule has 0 amide bonds. The van der Waals surface area contributed by atoms with E-state index in [2.05, 4.69) is 4.98 Å². The highest BCUT2D eigenvalue weighted by Gasteiger charge is 2.34. The van der Waals surface area contributed by atoms with Crippen LogP contribution in [0.4, 0.5) is 0 Å². The van der Waals surface area contributed by atoms with Crippen LogP contribution in [0.3, 0.4) is 0 Å². The van der Waals surface area contributed by atoms with Crippen LogP contribution in [0.25, 0.3) is 0 Å². The van der Waals surface area contributed by atoms with Crippen LogP contribution in [0.5, 0.6) is 0 Å². The van der Waals surface area contributed by atoms with Gasteiger partial charge in [0.1, 0.15) is 0 Å². The van der Waals surface area contributed by atoms with Crippen molar-refractivity contribution in [3.05, 3.63) is 64.1 Å². The maximum Gasteiger partial charge on any atom is 0.247 e. The van der Waals surface area contributed by atoms with Crippen LogP contribution in [0.2, 0.25) is 0 Å². The highest BCUT2D eigenvalue weighted by Crippen LogP contribution is 2.34. The van der Waals surface area contributed by atoms with Crippen LogP contribution >= 0.6 is 0 Å². The van der Waals surface area contributed by atoms with Crippen LogP contribution in [0.1, 0.15) is 36.4 Å². The van der Waals surface area contributed by atoms with Gasteiger partial charge in [-0.05, 0) is 37.5 Å². The smallest absolute Gasteiger partial charge is 0.247 e. The lowest BCUT2D eigenvalue weighted by Gasteiger charge is -2.34. The van der Waals surface area contributed by atoms with E-state index in [-0.39, 0.29) is 11.6 Å². The predicted molar refractivity (Wildman–Crippen MR) is 88.7 cm³/mol. The lowest BCUT2D eigenvalue weighted by Crippen LogP contribution is -2.38. The molecule has 6 heteroatoms. The molecule has 0 bridgehead atoms. The minimum Gasteiger partial charge on any atom is -0.329 e. The Kier molecular flexibility index (Phi) is 4.37. The summed E-state index contributed by atoms with van der Waals surface area (Å²) in [6.45, 7) is 2.43. The molecule has 1 N–H and O–H groups in total. The SMILES string of the molecule is Cc1ccc(S(=O)(=O)N2CCCCC2c2ccc(=O)[nH]c2)cc1. The molecule has 1 unspecified atom stereocenters. The summed E-state index contributed by atoms with van der Waals surface area (Å²) in [5, 5.41) is 0. The molecule has 1 aromatic carbocycles. The molecule has 0 saturated carbocycles. The third-order valence-electron chi connectivity index (χ3n) is 4.27. The highest BCUT2D eigenvalue weighted by atomic mass is 32.2. The lowest BCUT2D eigenvalue weighted by atomic mass is 9.99. The Morgan fingerprint density at radius 3 is 2.48 bits per heavy atom. The third kappa shape index (κ3) is 3.23. The van der Waals surface area contributed by atoms with Crippen molar-refractivity contribution >= 4 is 10.0 Å². The number of nitrogens with one attached hydrogen (secondary N) is 1. The summed E-state index contributed by atoms with van der Waals surface area (Å²) in [4.78, 5) is 14.2. The van der Waals surface area contributed by atoms with E-state index in [9.17, 15) is 13.2 Å². The van der Waals surface area contributed by atoms with Gasteiger partial charge in [0.05, 0.1) is 10.9 Å². The van der Waals surface area contributed by atoms with Crippen molar-refractivity contribution in [1.29, 1.82) is 0 Å². The molecule has 1 atom stereocenters. The van der Waals surface area contributed by atoms with Crippen LogP contribution in [0.15, 0.2) is 52.3 Å². The molecule has 23 heavy (non-hydrogen) atoms. The van der Waals surface area contributed by atoms with Gasteiger partial charge in [-0.3, -0.25) is 4.79 Å². The molecule has 3 rings (SSSR count). The van der Waals surface area contributed by atoms with E-state index >= 15 is 0 Å². The van der Waals surface area contributed by atoms with E-state index < -0.39 is 10.0 Å². The first-order chi connectivity index (χ1) is 11.0. The van der Waals surface area contributed by atoms with Crippen LogP contribution in [-0.4, -0.2) is 24.3 Å². The van der Waals surface area contributed by atoms with E-state index in [1.807, 2.05) is 19.1 Å². The van der Waals surface area contributed by atoms with Crippen molar-refractivity contribution in [2.75, 3.05) is 6.54 Å². The second-order valence-corrected chi connectivity index (χ2v) is 7.82. The monoisotopic (exact) mass is 332 g/mol. The largest absolute Gasteiger partial charge is 0.329 e. The van der Waals surface area contributed by atoms with Gasteiger partial charge in [0.25, 0.3) is 0 Å². The summed E-state index contributed by atoms with van der Waals surface area (Å²) >= 11 is 0. The summed E-state index contributed by atoms with van der Waals surface area (Å²) < 4.78 is 27.6. The van der Waals surface area contributed by atoms with Crippen molar-refractivity contribution in [3.8, 4) is 0 Å². The molecule has 1 aromatic heterocycles. The molecular formula is C17H20N2O3S. The molecule has 0 spiro atoms. The van der Waals surface area contributed by atoms with Gasteiger partial charge >= 0.3 is 0 Å². The van der Waals surface area contributed by atoms with Crippen molar-refractivity contribution < 1.29 is 8.42 Å². The first kappa shape index (κ1) is 16.0. The number of rotatable bonds is 3. The number of H-pyrrole nitrogens is 1. The molecule has 0 radical (unpaired) electrons. The number of piperidine rings is 1. The quantitative estimate of drug-likeness (QED) is 0.939. The summed E-state index contributed by atoms with van der Waals surface area (Å²) in [6, 6.07) is 9.86. The molecule has 0 aliphatic carbocycles. The zero-order chi connectivity index (χ0) is 16.4. The van der Waals surface area contributed by atoms with Crippen molar-refractivity contribution in [2.45, 2.75) is 37.1 Å². The molecule has 1 aliphatic rings. The number of hydrogen-bond acceptors (Lipinski definition) is 3. The first-order valence-corrected chi connectivity index (χ1v) is 9.19. The van der Waals surface area contributed by atoms with Crippen LogP contribution in [-0.2, 0) is 10.0 Å². The number of nitrogens with zero attached hydrogens (tertiary/aromatic N) is 1. The fraction of sp³-hybridized carbons (Fsp3) is 0.353. The van der Waals surface area contributed by atoms with E-state index in [4.69, 9.17) is 0 Å². The minimum absolute atomic E-state index is 0.183. The number of benzene rings is 1. The fourth-order valence-electron chi connectivity index (χ4n) is 3.00. The van der Waals surface area contributed by atoms with Crippen LogP contribution < -0.4 is 5.56 Å². The number of aryl methyl sites for hydroxylation is 1. The molecule has 2 heterocycles. The number of pyridine rings is 1. The number of aromatic amines is 1. The lowest BCUT2D eigenvalue weighted by molar-refractivity contribution is 0.255. The van der Waals surface area contributed by atoms with Gasteiger partial charge in [-0.2, -0.15) is 4.31 Å². The minimum atomic E-state index is -3.54. The second kappa shape index (κ2) is 6.29. The predicted octanol–water partition coefficient (Wildman–Crippen LogP) is 2.60. The maximum atomic E-state index is 13.0. The average Bonchev–Trinajstić information content (AvgIpc) is 2.56. The third-order valence-corrected chi connectivity index (χ3v) is 6.20. The summed E-state index contributed by atoms with van der Waals surface area (Å²) in [5.74, 6) is 0. The van der Waals surface area contributed by atoms with Gasteiger partial charge < -0.3 is 4.98 Å². The van der Waals surface area contributed by atoms with Gasteiger partial charge in [0.15, 0.2) is 0 Å². The van der Waals surface area contributed by atoms with Crippen molar-refractivity contribution in [2.24, 2.45) is 0 Å². The van der Waals surface area contributed by atoms with Crippen molar-refractivity contribution in [1.82, 2.24) is 9.29 Å². The first-order valence-electron chi connectivity index (χ1n) is 7.75. The number of aromatic nitrogens is 1. The Balaban J connectivity index is 1.99. The van der Waals surface area contributed by atoms with Crippen LogP contribution in [0, 0.1) is 6.92 Å². The molecule has 1 saturated heterocycles. The summed E-state index contributed by atoms with van der Waals surface area (Å²) in [7, 11) is -3.54. The van der Waals surface area contributed by atoms with E-state index in [0.717, 1.165) is 30.4 Å². The van der Waals surface area contributed by atoms with E-state index in [1.165, 1.54) is 6.07 Å². The Morgan fingerprint density at radius 2 is 1.83 bits per heavy atom. The molecular weight excluding hydrogens is 312 g/mol. The van der Waals surface area contributed by atoms with E-state index in [0.29, 0.717) is 11.4 Å². The standard InChI is InChI=1S/C17H20N2O3S/c1-13-5-8-15(9-6-13)23(21,22)19-11-3-2-4-16(19)14-7-10-17(20)18-12-14/h5-10,12,16H,2-4,11H2,1H3,(H,18,20). The fourth-order valence-corrected chi connectivity index (χ4v) is 4.68. The number of hydrogen-bond donors (Lipinski definition) is 1. The summed E-state index contributed by atoms with van der Waals surface area (Å²) in [6.07, 6.45) is 4.21. The molecule has 2 aromatic rings. The zero-order valence-corrected chi connectivity index (χ0v) is 13.8. The van der Waals surface area contributed by atoms with Gasteiger partial charge in [-0.15, -0.1) is 0 Å². The molecule has 5 nitrogen and oxygen atoms in total. The maximum absolute atomic E-state index is 13.0. The Bertz CT molecular complexity index is 820. The molecule has 1 fully saturated rings. The van der Waals surface area contributed by atoms with Gasteiger partial charge in [-0.1, -0.05) is 30.2 Å². The Labute approximate surface area is 136 Å².